The number of hydrogen-bond acceptors (Lipinski definition) is 3. The Morgan fingerprint density at radius 1 is 1.17 bits per heavy atom. The van der Waals surface area contributed by atoms with Crippen LogP contribution in [0.1, 0.15) is 11.1 Å². The van der Waals surface area contributed by atoms with E-state index in [9.17, 15) is 9.90 Å². The number of nitrogens with one attached hydrogen (secondary N) is 2. The van der Waals surface area contributed by atoms with Crippen LogP contribution in [0.25, 0.3) is 0 Å². The maximum Gasteiger partial charge on any atom is 0.315 e. The van der Waals surface area contributed by atoms with Gasteiger partial charge in [0.15, 0.2) is 0 Å². The van der Waals surface area contributed by atoms with Crippen molar-refractivity contribution in [3.8, 4) is 5.75 Å². The van der Waals surface area contributed by atoms with Crippen LogP contribution in [0.15, 0.2) is 54.6 Å². The third kappa shape index (κ3) is 4.26. The van der Waals surface area contributed by atoms with E-state index >= 15 is 0 Å². The lowest BCUT2D eigenvalue weighted by Crippen LogP contribution is -2.51. The first-order valence-electron chi connectivity index (χ1n) is 8.17. The number of hydrogen-bond donors (Lipinski definition) is 3. The number of fused-ring (bicyclic) bond motifs is 1. The summed E-state index contributed by atoms with van der Waals surface area (Å²) in [6, 6.07) is 17.0. The van der Waals surface area contributed by atoms with Gasteiger partial charge in [0.1, 0.15) is 12.4 Å². The van der Waals surface area contributed by atoms with Gasteiger partial charge in [0.05, 0.1) is 18.7 Å². The van der Waals surface area contributed by atoms with Crippen LogP contribution < -0.4 is 15.4 Å². The summed E-state index contributed by atoms with van der Waals surface area (Å²) >= 11 is 0. The minimum Gasteiger partial charge on any atom is -0.491 e. The summed E-state index contributed by atoms with van der Waals surface area (Å²) in [7, 11) is 0. The first-order chi connectivity index (χ1) is 11.7. The fourth-order valence-electron chi connectivity index (χ4n) is 2.89. The van der Waals surface area contributed by atoms with Crippen LogP contribution in [0.5, 0.6) is 5.75 Å². The second-order valence-corrected chi connectivity index (χ2v) is 6.01. The normalized spacial score (nSPS) is 17.3. The smallest absolute Gasteiger partial charge is 0.315 e. The molecule has 0 radical (unpaired) electrons. The molecule has 0 aromatic heterocycles. The average molecular weight is 326 g/mol. The second-order valence-electron chi connectivity index (χ2n) is 6.01. The quantitative estimate of drug-likeness (QED) is 0.786. The molecule has 0 aliphatic carbocycles. The van der Waals surface area contributed by atoms with Gasteiger partial charge < -0.3 is 20.5 Å². The summed E-state index contributed by atoms with van der Waals surface area (Å²) < 4.78 is 5.67. The Hall–Kier alpha value is -2.53. The monoisotopic (exact) mass is 326 g/mol. The van der Waals surface area contributed by atoms with Crippen molar-refractivity contribution >= 4 is 6.03 Å². The first-order valence-corrected chi connectivity index (χ1v) is 8.17. The molecule has 1 aliphatic rings. The molecule has 0 fully saturated rings. The van der Waals surface area contributed by atoms with E-state index in [2.05, 4.69) is 10.6 Å². The number of aliphatic hydroxyl groups is 1. The van der Waals surface area contributed by atoms with Gasteiger partial charge in [-0.1, -0.05) is 48.5 Å². The van der Waals surface area contributed by atoms with E-state index in [0.717, 1.165) is 23.3 Å². The second kappa shape index (κ2) is 7.84. The molecule has 3 rings (SSSR count). The van der Waals surface area contributed by atoms with Crippen LogP contribution in [-0.2, 0) is 12.8 Å². The molecule has 24 heavy (non-hydrogen) atoms. The zero-order chi connectivity index (χ0) is 16.8. The van der Waals surface area contributed by atoms with E-state index in [0.29, 0.717) is 13.0 Å². The summed E-state index contributed by atoms with van der Waals surface area (Å²) in [5.74, 6) is 0.883. The maximum absolute atomic E-state index is 12.2. The van der Waals surface area contributed by atoms with Crippen LogP contribution in [0.4, 0.5) is 4.79 Å². The minimum absolute atomic E-state index is 0.0732. The molecule has 2 amide bonds. The van der Waals surface area contributed by atoms with Crippen LogP contribution >= 0.6 is 0 Å². The summed E-state index contributed by atoms with van der Waals surface area (Å²) in [4.78, 5) is 12.2. The van der Waals surface area contributed by atoms with Crippen molar-refractivity contribution in [3.05, 3.63) is 65.7 Å². The molecule has 5 nitrogen and oxygen atoms in total. The molecule has 2 aromatic carbocycles. The van der Waals surface area contributed by atoms with E-state index < -0.39 is 0 Å². The molecule has 2 aromatic rings. The van der Waals surface area contributed by atoms with Gasteiger partial charge in [-0.25, -0.2) is 4.79 Å². The predicted octanol–water partition coefficient (Wildman–Crippen LogP) is 1.89. The highest BCUT2D eigenvalue weighted by molar-refractivity contribution is 5.74. The summed E-state index contributed by atoms with van der Waals surface area (Å²) in [5, 5.41) is 15.3. The number of rotatable bonds is 5. The highest BCUT2D eigenvalue weighted by Gasteiger charge is 2.22. The molecule has 0 saturated carbocycles. The Balaban J connectivity index is 1.51. The fraction of sp³-hybridized carbons (Fsp3) is 0.316. The number of amides is 2. The number of carbonyl (C=O) groups excluding carboxylic acids is 1. The predicted molar refractivity (Wildman–Crippen MR) is 92.1 cm³/mol. The molecule has 2 unspecified atom stereocenters. The van der Waals surface area contributed by atoms with E-state index in [-0.39, 0.29) is 24.7 Å². The molecule has 0 bridgehead atoms. The molecule has 1 aliphatic heterocycles. The Bertz CT molecular complexity index is 669. The third-order valence-corrected chi connectivity index (χ3v) is 4.09. The fourth-order valence-corrected chi connectivity index (χ4v) is 2.89. The average Bonchev–Trinajstić information content (AvgIpc) is 2.62. The van der Waals surface area contributed by atoms with E-state index in [1.807, 2.05) is 54.6 Å². The lowest BCUT2D eigenvalue weighted by Gasteiger charge is -2.27. The van der Waals surface area contributed by atoms with Crippen molar-refractivity contribution in [1.29, 1.82) is 0 Å². The molecular formula is C19H22N2O3. The zero-order valence-electron chi connectivity index (χ0n) is 13.4. The summed E-state index contributed by atoms with van der Waals surface area (Å²) in [5.41, 5.74) is 2.17. The Labute approximate surface area is 141 Å². The minimum atomic E-state index is -0.316. The number of benzene rings is 2. The Morgan fingerprint density at radius 2 is 1.92 bits per heavy atom. The summed E-state index contributed by atoms with van der Waals surface area (Å²) in [6.07, 6.45) is 1.33. The molecule has 3 N–H and O–H groups in total. The maximum atomic E-state index is 12.2. The first kappa shape index (κ1) is 16.3. The molecule has 126 valence electrons. The molecule has 1 heterocycles. The Kier molecular flexibility index (Phi) is 5.33. The number of carbonyl (C=O) groups is 1. The number of aliphatic hydroxyl groups excluding tert-OH is 1. The van der Waals surface area contributed by atoms with E-state index in [1.165, 1.54) is 0 Å². The van der Waals surface area contributed by atoms with Crippen molar-refractivity contribution in [3.63, 3.8) is 0 Å². The molecule has 2 atom stereocenters. The topological polar surface area (TPSA) is 70.6 Å². The Morgan fingerprint density at radius 3 is 2.71 bits per heavy atom. The van der Waals surface area contributed by atoms with E-state index in [1.54, 1.807) is 0 Å². The highest BCUT2D eigenvalue weighted by Crippen LogP contribution is 2.23. The van der Waals surface area contributed by atoms with Crippen LogP contribution in [0.2, 0.25) is 0 Å². The highest BCUT2D eigenvalue weighted by atomic mass is 16.5. The van der Waals surface area contributed by atoms with Crippen LogP contribution in [0, 0.1) is 0 Å². The van der Waals surface area contributed by atoms with Crippen LogP contribution in [0.3, 0.4) is 0 Å². The summed E-state index contributed by atoms with van der Waals surface area (Å²) in [6.45, 7) is 0.346. The van der Waals surface area contributed by atoms with Gasteiger partial charge in [-0.15, -0.1) is 0 Å². The molecule has 5 heteroatoms. The van der Waals surface area contributed by atoms with Gasteiger partial charge in [-0.05, 0) is 30.0 Å². The lowest BCUT2D eigenvalue weighted by molar-refractivity contribution is 0.200. The molecule has 0 saturated heterocycles. The molecule has 0 spiro atoms. The van der Waals surface area contributed by atoms with Crippen LogP contribution in [-0.4, -0.2) is 36.4 Å². The van der Waals surface area contributed by atoms with Gasteiger partial charge in [0.25, 0.3) is 0 Å². The lowest BCUT2D eigenvalue weighted by atomic mass is 10.0. The van der Waals surface area contributed by atoms with E-state index in [4.69, 9.17) is 4.74 Å². The molecular weight excluding hydrogens is 304 g/mol. The van der Waals surface area contributed by atoms with Gasteiger partial charge in [0.2, 0.25) is 0 Å². The van der Waals surface area contributed by atoms with Gasteiger partial charge in [-0.3, -0.25) is 0 Å². The van der Waals surface area contributed by atoms with Crippen molar-refractivity contribution in [2.24, 2.45) is 0 Å². The van der Waals surface area contributed by atoms with Crippen molar-refractivity contribution in [2.45, 2.75) is 24.9 Å². The largest absolute Gasteiger partial charge is 0.491 e. The number of ether oxygens (including phenoxy) is 1. The van der Waals surface area contributed by atoms with Gasteiger partial charge in [0, 0.05) is 0 Å². The zero-order valence-corrected chi connectivity index (χ0v) is 13.4. The van der Waals surface area contributed by atoms with Gasteiger partial charge >= 0.3 is 6.03 Å². The van der Waals surface area contributed by atoms with Crippen molar-refractivity contribution < 1.29 is 14.6 Å². The number of urea groups is 1. The standard InChI is InChI=1S/C19H22N2O3/c22-12-16(10-14-6-2-1-3-7-14)20-19(23)21-17-11-15-8-4-5-9-18(15)24-13-17/h1-9,16-17,22H,10-13H2,(H2,20,21,23). The third-order valence-electron chi connectivity index (χ3n) is 4.09. The van der Waals surface area contributed by atoms with Crippen molar-refractivity contribution in [2.75, 3.05) is 13.2 Å². The number of para-hydroxylation sites is 1. The van der Waals surface area contributed by atoms with Crippen molar-refractivity contribution in [1.82, 2.24) is 10.6 Å². The van der Waals surface area contributed by atoms with Gasteiger partial charge in [-0.2, -0.15) is 0 Å². The SMILES string of the molecule is O=C(NC(CO)Cc1ccccc1)NC1COc2ccccc2C1.